The summed E-state index contributed by atoms with van der Waals surface area (Å²) >= 11 is 0. The minimum Gasteiger partial charge on any atom is -0.618 e. The lowest BCUT2D eigenvalue weighted by Gasteiger charge is -2.15. The fourth-order valence-electron chi connectivity index (χ4n) is 3.86. The Labute approximate surface area is 152 Å². The van der Waals surface area contributed by atoms with Crippen LogP contribution in [0.25, 0.3) is 28.1 Å². The standard InChI is InChI=1S/C18H16FN5O3/c1-10-15-14(16-21-17(27-22-16)18(25)6-2-3-7-18)20-9-23(15)12-5-4-11(19)8-13(12)24(10)26/h4-5,8-9,25H,2-3,6-7H2,1H3. The molecular formula is C18H16FN5O3. The molecule has 4 aromatic rings. The van der Waals surface area contributed by atoms with Gasteiger partial charge in [0.25, 0.3) is 5.89 Å². The molecule has 0 bridgehead atoms. The Kier molecular flexibility index (Phi) is 3.26. The van der Waals surface area contributed by atoms with Crippen molar-refractivity contribution in [2.24, 2.45) is 0 Å². The van der Waals surface area contributed by atoms with Gasteiger partial charge in [0.2, 0.25) is 17.0 Å². The smallest absolute Gasteiger partial charge is 0.258 e. The predicted octanol–water partition coefficient (Wildman–Crippen LogP) is 2.38. The maximum Gasteiger partial charge on any atom is 0.258 e. The summed E-state index contributed by atoms with van der Waals surface area (Å²) in [5, 5.41) is 27.3. The summed E-state index contributed by atoms with van der Waals surface area (Å²) < 4.78 is 21.2. The van der Waals surface area contributed by atoms with Gasteiger partial charge in [0.1, 0.15) is 34.5 Å². The molecule has 1 aliphatic rings. The molecule has 9 heteroatoms. The molecule has 3 aromatic heterocycles. The average Bonchev–Trinajstić information content (AvgIpc) is 3.38. The van der Waals surface area contributed by atoms with Crippen molar-refractivity contribution in [1.29, 1.82) is 0 Å². The maximum atomic E-state index is 13.6. The van der Waals surface area contributed by atoms with Crippen molar-refractivity contribution >= 4 is 16.6 Å². The molecule has 0 atom stereocenters. The minimum absolute atomic E-state index is 0.173. The highest BCUT2D eigenvalue weighted by atomic mass is 19.1. The van der Waals surface area contributed by atoms with Gasteiger partial charge in [0.05, 0.1) is 0 Å². The van der Waals surface area contributed by atoms with E-state index in [2.05, 4.69) is 15.1 Å². The molecule has 0 unspecified atom stereocenters. The summed E-state index contributed by atoms with van der Waals surface area (Å²) in [6, 6.07) is 4.01. The monoisotopic (exact) mass is 369 g/mol. The van der Waals surface area contributed by atoms with Gasteiger partial charge in [-0.25, -0.2) is 9.37 Å². The first-order valence-electron chi connectivity index (χ1n) is 8.73. The number of halogens is 1. The summed E-state index contributed by atoms with van der Waals surface area (Å²) in [7, 11) is 0. The largest absolute Gasteiger partial charge is 0.618 e. The summed E-state index contributed by atoms with van der Waals surface area (Å²) in [4.78, 5) is 8.70. The molecule has 1 saturated carbocycles. The second-order valence-corrected chi connectivity index (χ2v) is 6.99. The molecule has 0 saturated heterocycles. The van der Waals surface area contributed by atoms with Gasteiger partial charge < -0.3 is 14.8 Å². The minimum atomic E-state index is -1.10. The van der Waals surface area contributed by atoms with E-state index in [9.17, 15) is 14.7 Å². The van der Waals surface area contributed by atoms with Gasteiger partial charge >= 0.3 is 0 Å². The van der Waals surface area contributed by atoms with Crippen LogP contribution in [0.3, 0.4) is 0 Å². The van der Waals surface area contributed by atoms with Gasteiger partial charge in [-0.05, 0) is 37.8 Å². The number of imidazole rings is 1. The number of benzene rings is 1. The van der Waals surface area contributed by atoms with Crippen LogP contribution in [0.15, 0.2) is 29.0 Å². The van der Waals surface area contributed by atoms with Crippen molar-refractivity contribution in [3.63, 3.8) is 0 Å². The molecule has 27 heavy (non-hydrogen) atoms. The Morgan fingerprint density at radius 3 is 2.89 bits per heavy atom. The summed E-state index contributed by atoms with van der Waals surface area (Å²) in [5.74, 6) is -0.108. The van der Waals surface area contributed by atoms with Crippen molar-refractivity contribution in [3.05, 3.63) is 47.1 Å². The molecule has 8 nitrogen and oxygen atoms in total. The van der Waals surface area contributed by atoms with E-state index in [4.69, 9.17) is 4.52 Å². The van der Waals surface area contributed by atoms with Crippen LogP contribution >= 0.6 is 0 Å². The number of aliphatic hydroxyl groups is 1. The van der Waals surface area contributed by atoms with Crippen molar-refractivity contribution in [2.45, 2.75) is 38.2 Å². The number of fused-ring (bicyclic) bond motifs is 3. The molecule has 0 aliphatic heterocycles. The first kappa shape index (κ1) is 16.1. The molecule has 1 fully saturated rings. The summed E-state index contributed by atoms with van der Waals surface area (Å²) in [6.45, 7) is 1.63. The zero-order valence-corrected chi connectivity index (χ0v) is 14.5. The van der Waals surface area contributed by atoms with E-state index in [1.54, 1.807) is 11.3 Å². The van der Waals surface area contributed by atoms with Crippen molar-refractivity contribution < 1.29 is 18.8 Å². The van der Waals surface area contributed by atoms with Crippen LogP contribution in [0, 0.1) is 17.9 Å². The van der Waals surface area contributed by atoms with E-state index in [0.29, 0.717) is 40.0 Å². The molecule has 0 radical (unpaired) electrons. The second kappa shape index (κ2) is 5.46. The van der Waals surface area contributed by atoms with Crippen LogP contribution in [0.4, 0.5) is 4.39 Å². The molecular weight excluding hydrogens is 353 g/mol. The van der Waals surface area contributed by atoms with Crippen LogP contribution < -0.4 is 4.73 Å². The topological polar surface area (TPSA) is 103 Å². The van der Waals surface area contributed by atoms with Crippen LogP contribution in [-0.4, -0.2) is 24.6 Å². The number of aromatic nitrogens is 5. The van der Waals surface area contributed by atoms with Gasteiger partial charge in [-0.15, -0.1) is 0 Å². The number of aryl methyl sites for hydroxylation is 1. The molecule has 3 heterocycles. The van der Waals surface area contributed by atoms with Crippen molar-refractivity contribution in [1.82, 2.24) is 19.5 Å². The zero-order valence-electron chi connectivity index (χ0n) is 14.5. The van der Waals surface area contributed by atoms with E-state index in [0.717, 1.165) is 12.8 Å². The van der Waals surface area contributed by atoms with Crippen LogP contribution in [0.5, 0.6) is 0 Å². The Bertz CT molecular complexity index is 1190. The molecule has 138 valence electrons. The fraction of sp³-hybridized carbons (Fsp3) is 0.333. The van der Waals surface area contributed by atoms with Crippen molar-refractivity contribution in [3.8, 4) is 11.5 Å². The second-order valence-electron chi connectivity index (χ2n) is 6.99. The van der Waals surface area contributed by atoms with E-state index in [1.807, 2.05) is 0 Å². The van der Waals surface area contributed by atoms with E-state index in [1.165, 1.54) is 24.5 Å². The van der Waals surface area contributed by atoms with Gasteiger partial charge in [0.15, 0.2) is 0 Å². The van der Waals surface area contributed by atoms with E-state index in [-0.39, 0.29) is 17.2 Å². The normalized spacial score (nSPS) is 16.6. The highest BCUT2D eigenvalue weighted by Crippen LogP contribution is 2.38. The van der Waals surface area contributed by atoms with Crippen molar-refractivity contribution in [2.75, 3.05) is 0 Å². The van der Waals surface area contributed by atoms with Gasteiger partial charge in [-0.3, -0.25) is 4.40 Å². The zero-order chi connectivity index (χ0) is 18.8. The third-order valence-corrected chi connectivity index (χ3v) is 5.30. The highest BCUT2D eigenvalue weighted by Gasteiger charge is 2.39. The SMILES string of the molecule is Cc1c2c(-c3noc(C4(O)CCCC4)n3)ncn2c2ccc(F)cc2[n+]1[O-]. The lowest BCUT2D eigenvalue weighted by atomic mass is 10.0. The fourth-order valence-corrected chi connectivity index (χ4v) is 3.86. The third-order valence-electron chi connectivity index (χ3n) is 5.30. The first-order valence-corrected chi connectivity index (χ1v) is 8.73. The highest BCUT2D eigenvalue weighted by molar-refractivity contribution is 5.82. The van der Waals surface area contributed by atoms with Crippen LogP contribution in [0.1, 0.15) is 37.3 Å². The number of rotatable bonds is 2. The molecule has 1 N–H and O–H groups in total. The summed E-state index contributed by atoms with van der Waals surface area (Å²) in [6.07, 6.45) is 4.50. The van der Waals surface area contributed by atoms with E-state index >= 15 is 0 Å². The number of hydrogen-bond acceptors (Lipinski definition) is 6. The molecule has 0 amide bonds. The van der Waals surface area contributed by atoms with Gasteiger partial charge in [-0.2, -0.15) is 9.71 Å². The Balaban J connectivity index is 1.72. The van der Waals surface area contributed by atoms with Gasteiger partial charge in [-0.1, -0.05) is 5.16 Å². The molecule has 5 rings (SSSR count). The number of hydrogen-bond donors (Lipinski definition) is 1. The quantitative estimate of drug-likeness (QED) is 0.430. The predicted molar refractivity (Wildman–Crippen MR) is 92.0 cm³/mol. The Hall–Kier alpha value is -3.07. The number of nitrogens with zero attached hydrogens (tertiary/aromatic N) is 5. The molecule has 1 aromatic carbocycles. The van der Waals surface area contributed by atoms with Gasteiger partial charge in [0, 0.05) is 13.0 Å². The molecule has 1 aliphatic carbocycles. The summed E-state index contributed by atoms with van der Waals surface area (Å²) in [5.41, 5.74) is 0.849. The average molecular weight is 369 g/mol. The first-order chi connectivity index (χ1) is 13.0. The molecule has 0 spiro atoms. The van der Waals surface area contributed by atoms with E-state index < -0.39 is 11.4 Å². The maximum absolute atomic E-state index is 13.6. The Morgan fingerprint density at radius 2 is 2.11 bits per heavy atom. The third kappa shape index (κ3) is 2.24. The lowest BCUT2D eigenvalue weighted by molar-refractivity contribution is -0.583. The Morgan fingerprint density at radius 1 is 1.33 bits per heavy atom. The lowest BCUT2D eigenvalue weighted by Crippen LogP contribution is -2.32. The van der Waals surface area contributed by atoms with Crippen LogP contribution in [-0.2, 0) is 5.60 Å². The van der Waals surface area contributed by atoms with Crippen LogP contribution in [0.2, 0.25) is 0 Å².